The van der Waals surface area contributed by atoms with E-state index < -0.39 is 20.9 Å². The van der Waals surface area contributed by atoms with Gasteiger partial charge in [-0.3, -0.25) is 4.79 Å². The molecule has 2 aromatic carbocycles. The van der Waals surface area contributed by atoms with Crippen molar-refractivity contribution in [1.29, 1.82) is 10.0 Å². The van der Waals surface area contributed by atoms with Gasteiger partial charge < -0.3 is 4.90 Å². The van der Waals surface area contributed by atoms with Crippen molar-refractivity contribution in [1.82, 2.24) is 4.90 Å². The summed E-state index contributed by atoms with van der Waals surface area (Å²) in [5.74, 6) is -0.504. The number of carbonyl (C=O) groups excluding carboxylic acids is 1. The van der Waals surface area contributed by atoms with Crippen LogP contribution in [0.4, 0.5) is 0 Å². The normalized spacial score (nSPS) is 26.5. The Hall–Kier alpha value is -2.36. The zero-order chi connectivity index (χ0) is 23.6. The highest BCUT2D eigenvalue weighted by Gasteiger charge is 2.44. The third-order valence-corrected chi connectivity index (χ3v) is 9.79. The van der Waals surface area contributed by atoms with Crippen molar-refractivity contribution in [2.75, 3.05) is 0 Å². The maximum atomic E-state index is 13.9. The standard InChI is InChI=1S/C26H30ClN3O2S/c1-18-5-13-23(14-6-18)33(29,32)25-4-2-3-24(25)26(31)30(22-12-9-20(15-22)16-28)17-19-7-10-21(27)11-8-19/h5-8,10-11,13-14,20,22,24-25,29H,2-4,9,12,15,17H2,1H3/t20-,22+,24+,25+,33-/m0/s1. The van der Waals surface area contributed by atoms with Crippen LogP contribution in [-0.4, -0.2) is 26.3 Å². The molecule has 5 nitrogen and oxygen atoms in total. The second kappa shape index (κ2) is 9.87. The van der Waals surface area contributed by atoms with Crippen molar-refractivity contribution in [3.63, 3.8) is 0 Å². The van der Waals surface area contributed by atoms with Gasteiger partial charge >= 0.3 is 0 Å². The average Bonchev–Trinajstić information content (AvgIpc) is 3.49. The van der Waals surface area contributed by atoms with Gasteiger partial charge in [-0.15, -0.1) is 0 Å². The van der Waals surface area contributed by atoms with Gasteiger partial charge in [-0.1, -0.05) is 47.9 Å². The monoisotopic (exact) mass is 483 g/mol. The lowest BCUT2D eigenvalue weighted by Gasteiger charge is -2.34. The fourth-order valence-electron chi connectivity index (χ4n) is 5.27. The van der Waals surface area contributed by atoms with E-state index in [2.05, 4.69) is 6.07 Å². The van der Waals surface area contributed by atoms with Crippen molar-refractivity contribution in [3.05, 3.63) is 64.7 Å². The highest BCUT2D eigenvalue weighted by molar-refractivity contribution is 7.93. The summed E-state index contributed by atoms with van der Waals surface area (Å²) < 4.78 is 22.5. The Labute approximate surface area is 201 Å². The molecule has 2 fully saturated rings. The van der Waals surface area contributed by atoms with Crippen LogP contribution >= 0.6 is 11.6 Å². The third-order valence-electron chi connectivity index (χ3n) is 7.14. The summed E-state index contributed by atoms with van der Waals surface area (Å²) in [5, 5.41) is 9.55. The molecule has 4 rings (SSSR count). The first kappa shape index (κ1) is 23.8. The third kappa shape index (κ3) is 5.10. The molecule has 0 unspecified atom stereocenters. The first-order chi connectivity index (χ1) is 15.8. The van der Waals surface area contributed by atoms with Gasteiger partial charge in [0.25, 0.3) is 0 Å². The summed E-state index contributed by atoms with van der Waals surface area (Å²) in [6, 6.07) is 17.1. The molecular weight excluding hydrogens is 454 g/mol. The minimum Gasteiger partial charge on any atom is -0.335 e. The second-order valence-corrected chi connectivity index (χ2v) is 12.1. The van der Waals surface area contributed by atoms with Crippen molar-refractivity contribution in [2.45, 2.75) is 68.2 Å². The number of nitriles is 1. The maximum Gasteiger partial charge on any atom is 0.227 e. The van der Waals surface area contributed by atoms with Crippen LogP contribution in [0.2, 0.25) is 5.02 Å². The molecule has 0 aliphatic heterocycles. The number of aryl methyl sites for hydroxylation is 1. The zero-order valence-electron chi connectivity index (χ0n) is 18.9. The highest BCUT2D eigenvalue weighted by atomic mass is 35.5. The summed E-state index contributed by atoms with van der Waals surface area (Å²) in [5.41, 5.74) is 2.03. The largest absolute Gasteiger partial charge is 0.335 e. The molecule has 5 atom stereocenters. The second-order valence-electron chi connectivity index (χ2n) is 9.38. The zero-order valence-corrected chi connectivity index (χ0v) is 20.4. The molecule has 0 aromatic heterocycles. The number of nitrogens with zero attached hydrogens (tertiary/aromatic N) is 2. The number of hydrogen-bond donors (Lipinski definition) is 1. The van der Waals surface area contributed by atoms with Crippen LogP contribution in [0.15, 0.2) is 53.4 Å². The fourth-order valence-corrected chi connectivity index (χ4v) is 7.50. The van der Waals surface area contributed by atoms with Gasteiger partial charge in [0.2, 0.25) is 5.91 Å². The Morgan fingerprint density at radius 2 is 1.82 bits per heavy atom. The fraction of sp³-hybridized carbons (Fsp3) is 0.462. The highest BCUT2D eigenvalue weighted by Crippen LogP contribution is 2.39. The SMILES string of the molecule is Cc1ccc([S@](=N)(=O)[C@@H]2CCC[C@H]2C(=O)N(Cc2ccc(Cl)cc2)[C@@H]2CC[C@H](C#N)C2)cc1. The summed E-state index contributed by atoms with van der Waals surface area (Å²) >= 11 is 6.05. The van der Waals surface area contributed by atoms with Crippen molar-refractivity contribution in [2.24, 2.45) is 11.8 Å². The lowest BCUT2D eigenvalue weighted by molar-refractivity contribution is -0.138. The molecule has 174 valence electrons. The Kier molecular flexibility index (Phi) is 7.11. The van der Waals surface area contributed by atoms with Gasteiger partial charge in [0.1, 0.15) is 0 Å². The van der Waals surface area contributed by atoms with E-state index in [0.717, 1.165) is 30.4 Å². The van der Waals surface area contributed by atoms with Crippen LogP contribution in [0.1, 0.15) is 49.7 Å². The molecular formula is C26H30ClN3O2S. The Morgan fingerprint density at radius 1 is 1.12 bits per heavy atom. The Bertz CT molecular complexity index is 1140. The van der Waals surface area contributed by atoms with Gasteiger partial charge in [0, 0.05) is 28.4 Å². The molecule has 2 aliphatic carbocycles. The van der Waals surface area contributed by atoms with Crippen LogP contribution in [0.25, 0.3) is 0 Å². The van der Waals surface area contributed by atoms with Gasteiger partial charge in [-0.2, -0.15) is 5.26 Å². The minimum atomic E-state index is -3.12. The van der Waals surface area contributed by atoms with Gasteiger partial charge in [0.05, 0.1) is 27.0 Å². The van der Waals surface area contributed by atoms with Crippen molar-refractivity contribution >= 4 is 27.2 Å². The molecule has 2 aromatic rings. The van der Waals surface area contributed by atoms with Crippen LogP contribution < -0.4 is 0 Å². The number of carbonyl (C=O) groups is 1. The average molecular weight is 484 g/mol. The summed E-state index contributed by atoms with van der Waals surface area (Å²) in [6.07, 6.45) is 4.31. The summed E-state index contributed by atoms with van der Waals surface area (Å²) in [6.45, 7) is 2.40. The van der Waals surface area contributed by atoms with E-state index in [1.165, 1.54) is 0 Å². The van der Waals surface area contributed by atoms with Crippen LogP contribution in [0.3, 0.4) is 0 Å². The van der Waals surface area contributed by atoms with Crippen LogP contribution in [-0.2, 0) is 21.1 Å². The predicted octanol–water partition coefficient (Wildman–Crippen LogP) is 5.94. The van der Waals surface area contributed by atoms with E-state index in [9.17, 15) is 14.3 Å². The summed E-state index contributed by atoms with van der Waals surface area (Å²) in [7, 11) is -3.12. The number of hydrogen-bond acceptors (Lipinski definition) is 4. The molecule has 0 bridgehead atoms. The first-order valence-corrected chi connectivity index (χ1v) is 13.6. The van der Waals surface area contributed by atoms with Crippen molar-refractivity contribution in [3.8, 4) is 6.07 Å². The van der Waals surface area contributed by atoms with E-state index in [-0.39, 0.29) is 17.9 Å². The molecule has 7 heteroatoms. The Morgan fingerprint density at radius 3 is 2.45 bits per heavy atom. The molecule has 0 spiro atoms. The van der Waals surface area contributed by atoms with Gasteiger partial charge in [0.15, 0.2) is 0 Å². The number of halogens is 1. The quantitative estimate of drug-likeness (QED) is 0.551. The van der Waals surface area contributed by atoms with E-state index in [1.807, 2.05) is 48.2 Å². The first-order valence-electron chi connectivity index (χ1n) is 11.6. The number of nitrogens with one attached hydrogen (secondary N) is 1. The topological polar surface area (TPSA) is 85.0 Å². The molecule has 2 aliphatic rings. The number of amides is 1. The minimum absolute atomic E-state index is 0.0137. The van der Waals surface area contributed by atoms with Gasteiger partial charge in [-0.25, -0.2) is 8.99 Å². The molecule has 2 saturated carbocycles. The molecule has 0 heterocycles. The Balaban J connectivity index is 1.62. The molecule has 33 heavy (non-hydrogen) atoms. The lowest BCUT2D eigenvalue weighted by Crippen LogP contribution is -2.45. The van der Waals surface area contributed by atoms with Crippen LogP contribution in [0, 0.1) is 34.9 Å². The lowest BCUT2D eigenvalue weighted by atomic mass is 10.0. The van der Waals surface area contributed by atoms with E-state index in [1.54, 1.807) is 12.1 Å². The number of benzene rings is 2. The van der Waals surface area contributed by atoms with Gasteiger partial charge in [-0.05, 0) is 68.9 Å². The van der Waals surface area contributed by atoms with Crippen molar-refractivity contribution < 1.29 is 9.00 Å². The molecule has 1 N–H and O–H groups in total. The molecule has 1 amide bonds. The molecule has 0 saturated heterocycles. The molecule has 0 radical (unpaired) electrons. The number of rotatable bonds is 6. The summed E-state index contributed by atoms with van der Waals surface area (Å²) in [4.78, 5) is 16.4. The maximum absolute atomic E-state index is 13.9. The van der Waals surface area contributed by atoms with E-state index in [0.29, 0.717) is 35.7 Å². The van der Waals surface area contributed by atoms with Crippen LogP contribution in [0.5, 0.6) is 0 Å². The van der Waals surface area contributed by atoms with E-state index >= 15 is 0 Å². The van der Waals surface area contributed by atoms with E-state index in [4.69, 9.17) is 16.4 Å². The predicted molar refractivity (Wildman–Crippen MR) is 130 cm³/mol. The smallest absolute Gasteiger partial charge is 0.227 e.